The van der Waals surface area contributed by atoms with E-state index in [1.165, 1.54) is 11.5 Å². The average Bonchev–Trinajstić information content (AvgIpc) is 2.71. The predicted molar refractivity (Wildman–Crippen MR) is 72.7 cm³/mol. The molecule has 6 heteroatoms. The molecule has 2 aliphatic rings. The van der Waals surface area contributed by atoms with Crippen LogP contribution in [0.3, 0.4) is 0 Å². The molecule has 2 aliphatic heterocycles. The standard InChI is InChI=1S/C12H20N4OS/c1-9-11(13)14-15-16(9)10-2-5-17-12(8-10)3-6-18-7-4-12/h10H,2-8,13H2,1H3. The van der Waals surface area contributed by atoms with Crippen LogP contribution in [0, 0.1) is 6.92 Å². The van der Waals surface area contributed by atoms with Crippen molar-refractivity contribution in [2.45, 2.75) is 44.2 Å². The fraction of sp³-hybridized carbons (Fsp3) is 0.833. The van der Waals surface area contributed by atoms with Crippen molar-refractivity contribution in [2.75, 3.05) is 23.8 Å². The second kappa shape index (κ2) is 4.74. The zero-order valence-corrected chi connectivity index (χ0v) is 11.6. The summed E-state index contributed by atoms with van der Waals surface area (Å²) in [6, 6.07) is 0.395. The number of ether oxygens (including phenoxy) is 1. The summed E-state index contributed by atoms with van der Waals surface area (Å²) < 4.78 is 8.10. The maximum Gasteiger partial charge on any atom is 0.168 e. The third-order valence-electron chi connectivity index (χ3n) is 4.18. The third kappa shape index (κ3) is 2.12. The van der Waals surface area contributed by atoms with Crippen LogP contribution in [-0.4, -0.2) is 38.7 Å². The van der Waals surface area contributed by atoms with Crippen LogP contribution >= 0.6 is 11.8 Å². The van der Waals surface area contributed by atoms with Crippen LogP contribution in [0.4, 0.5) is 5.82 Å². The van der Waals surface area contributed by atoms with Gasteiger partial charge in [0, 0.05) is 6.61 Å². The fourth-order valence-electron chi connectivity index (χ4n) is 3.00. The minimum atomic E-state index is 0.0846. The van der Waals surface area contributed by atoms with Gasteiger partial charge in [-0.2, -0.15) is 11.8 Å². The molecule has 1 atom stereocenters. The molecule has 0 saturated carbocycles. The molecule has 0 amide bonds. The molecule has 0 aromatic carbocycles. The highest BCUT2D eigenvalue weighted by Gasteiger charge is 2.40. The van der Waals surface area contributed by atoms with Crippen LogP contribution in [0.5, 0.6) is 0 Å². The summed E-state index contributed by atoms with van der Waals surface area (Å²) in [6.07, 6.45) is 4.39. The average molecular weight is 268 g/mol. The van der Waals surface area contributed by atoms with Crippen molar-refractivity contribution in [3.8, 4) is 0 Å². The zero-order chi connectivity index (χ0) is 12.6. The molecule has 0 bridgehead atoms. The second-order valence-electron chi connectivity index (χ2n) is 5.30. The molecule has 0 aliphatic carbocycles. The van der Waals surface area contributed by atoms with Gasteiger partial charge in [-0.3, -0.25) is 0 Å². The molecule has 1 aromatic heterocycles. The van der Waals surface area contributed by atoms with Gasteiger partial charge in [0.25, 0.3) is 0 Å². The fourth-order valence-corrected chi connectivity index (χ4v) is 4.24. The first-order chi connectivity index (χ1) is 8.70. The van der Waals surface area contributed by atoms with Crippen molar-refractivity contribution in [1.82, 2.24) is 15.0 Å². The number of nitrogens with two attached hydrogens (primary N) is 1. The largest absolute Gasteiger partial charge is 0.381 e. The molecule has 100 valence electrons. The maximum atomic E-state index is 6.10. The van der Waals surface area contributed by atoms with Gasteiger partial charge in [-0.15, -0.1) is 5.10 Å². The lowest BCUT2D eigenvalue weighted by molar-refractivity contribution is -0.101. The van der Waals surface area contributed by atoms with E-state index >= 15 is 0 Å². The highest BCUT2D eigenvalue weighted by atomic mass is 32.2. The lowest BCUT2D eigenvalue weighted by Gasteiger charge is -2.43. The summed E-state index contributed by atoms with van der Waals surface area (Å²) in [6.45, 7) is 2.82. The molecule has 2 fully saturated rings. The number of aromatic nitrogens is 3. The Morgan fingerprint density at radius 3 is 2.89 bits per heavy atom. The number of hydrogen-bond donors (Lipinski definition) is 1. The number of thioether (sulfide) groups is 1. The second-order valence-corrected chi connectivity index (χ2v) is 6.52. The predicted octanol–water partition coefficient (Wildman–Crippen LogP) is 1.79. The van der Waals surface area contributed by atoms with Crippen molar-refractivity contribution in [1.29, 1.82) is 0 Å². The molecular formula is C12H20N4OS. The lowest BCUT2D eigenvalue weighted by Crippen LogP contribution is -2.43. The summed E-state index contributed by atoms with van der Waals surface area (Å²) in [5.41, 5.74) is 6.86. The monoisotopic (exact) mass is 268 g/mol. The van der Waals surface area contributed by atoms with E-state index in [1.807, 2.05) is 23.4 Å². The number of hydrogen-bond acceptors (Lipinski definition) is 5. The van der Waals surface area contributed by atoms with Crippen LogP contribution in [0.1, 0.15) is 37.4 Å². The molecule has 5 nitrogen and oxygen atoms in total. The molecular weight excluding hydrogens is 248 g/mol. The first-order valence-corrected chi connectivity index (χ1v) is 7.75. The number of rotatable bonds is 1. The van der Waals surface area contributed by atoms with E-state index in [-0.39, 0.29) is 5.60 Å². The summed E-state index contributed by atoms with van der Waals surface area (Å²) in [5, 5.41) is 8.17. The van der Waals surface area contributed by atoms with Gasteiger partial charge in [-0.05, 0) is 44.1 Å². The van der Waals surface area contributed by atoms with Crippen LogP contribution < -0.4 is 5.73 Å². The Labute approximate surface area is 111 Å². The van der Waals surface area contributed by atoms with E-state index in [2.05, 4.69) is 10.3 Å². The van der Waals surface area contributed by atoms with Gasteiger partial charge in [0.2, 0.25) is 0 Å². The van der Waals surface area contributed by atoms with Crippen LogP contribution in [0.2, 0.25) is 0 Å². The van der Waals surface area contributed by atoms with E-state index in [4.69, 9.17) is 10.5 Å². The Bertz CT molecular complexity index is 422. The van der Waals surface area contributed by atoms with Gasteiger partial charge in [-0.1, -0.05) is 5.21 Å². The summed E-state index contributed by atoms with van der Waals surface area (Å²) in [4.78, 5) is 0. The van der Waals surface area contributed by atoms with E-state index in [1.54, 1.807) is 0 Å². The Hall–Kier alpha value is -0.750. The van der Waals surface area contributed by atoms with E-state index in [9.17, 15) is 0 Å². The molecule has 1 aromatic rings. The van der Waals surface area contributed by atoms with Crippen molar-refractivity contribution < 1.29 is 4.74 Å². The SMILES string of the molecule is Cc1c(N)nnn1C1CCOC2(CCSCC2)C1. The van der Waals surface area contributed by atoms with Crippen molar-refractivity contribution >= 4 is 17.6 Å². The first kappa shape index (κ1) is 12.3. The van der Waals surface area contributed by atoms with Gasteiger partial charge < -0.3 is 10.5 Å². The molecule has 2 saturated heterocycles. The molecule has 18 heavy (non-hydrogen) atoms. The van der Waals surface area contributed by atoms with Crippen LogP contribution in [0.15, 0.2) is 0 Å². The Morgan fingerprint density at radius 1 is 1.44 bits per heavy atom. The zero-order valence-electron chi connectivity index (χ0n) is 10.8. The summed E-state index contributed by atoms with van der Waals surface area (Å²) >= 11 is 2.03. The first-order valence-electron chi connectivity index (χ1n) is 6.59. The minimum absolute atomic E-state index is 0.0846. The minimum Gasteiger partial charge on any atom is -0.381 e. The molecule has 1 unspecified atom stereocenters. The topological polar surface area (TPSA) is 66.0 Å². The Balaban J connectivity index is 1.79. The number of nitrogens with zero attached hydrogens (tertiary/aromatic N) is 3. The normalized spacial score (nSPS) is 27.5. The van der Waals surface area contributed by atoms with Crippen molar-refractivity contribution in [2.24, 2.45) is 0 Å². The smallest absolute Gasteiger partial charge is 0.168 e. The highest BCUT2D eigenvalue weighted by molar-refractivity contribution is 7.99. The summed E-state index contributed by atoms with van der Waals surface area (Å²) in [7, 11) is 0. The quantitative estimate of drug-likeness (QED) is 0.841. The maximum absolute atomic E-state index is 6.10. The van der Waals surface area contributed by atoms with Crippen molar-refractivity contribution in [3.05, 3.63) is 5.69 Å². The lowest BCUT2D eigenvalue weighted by atomic mass is 9.85. The van der Waals surface area contributed by atoms with Crippen LogP contribution in [-0.2, 0) is 4.74 Å². The molecule has 3 heterocycles. The summed E-state index contributed by atoms with van der Waals surface area (Å²) in [5.74, 6) is 2.98. The number of anilines is 1. The third-order valence-corrected chi connectivity index (χ3v) is 5.17. The molecule has 0 radical (unpaired) electrons. The van der Waals surface area contributed by atoms with Gasteiger partial charge in [0.1, 0.15) is 0 Å². The Kier molecular flexibility index (Phi) is 3.23. The molecule has 3 rings (SSSR count). The highest BCUT2D eigenvalue weighted by Crippen LogP contribution is 2.41. The molecule has 2 N–H and O–H groups in total. The van der Waals surface area contributed by atoms with Crippen LogP contribution in [0.25, 0.3) is 0 Å². The Morgan fingerprint density at radius 2 is 2.22 bits per heavy atom. The molecule has 1 spiro atoms. The van der Waals surface area contributed by atoms with Gasteiger partial charge in [0.05, 0.1) is 17.3 Å². The van der Waals surface area contributed by atoms with Gasteiger partial charge in [-0.25, -0.2) is 4.68 Å². The van der Waals surface area contributed by atoms with Gasteiger partial charge in [0.15, 0.2) is 5.82 Å². The van der Waals surface area contributed by atoms with Gasteiger partial charge >= 0.3 is 0 Å². The van der Waals surface area contributed by atoms with E-state index in [0.717, 1.165) is 38.0 Å². The number of nitrogen functional groups attached to an aromatic ring is 1. The van der Waals surface area contributed by atoms with E-state index < -0.39 is 0 Å². The van der Waals surface area contributed by atoms with E-state index in [0.29, 0.717) is 11.9 Å². The van der Waals surface area contributed by atoms with Crippen molar-refractivity contribution in [3.63, 3.8) is 0 Å².